The molecule has 2 aromatic rings. The van der Waals surface area contributed by atoms with Gasteiger partial charge in [-0.25, -0.2) is 0 Å². The van der Waals surface area contributed by atoms with Crippen molar-refractivity contribution in [3.05, 3.63) is 53.2 Å². The van der Waals surface area contributed by atoms with E-state index in [2.05, 4.69) is 4.98 Å². The summed E-state index contributed by atoms with van der Waals surface area (Å²) in [5.41, 5.74) is 1.52. The van der Waals surface area contributed by atoms with Gasteiger partial charge in [0.2, 0.25) is 0 Å². The number of halogens is 3. The smallest absolute Gasteiger partial charge is 0.253 e. The zero-order chi connectivity index (χ0) is 13.3. The molecule has 0 bridgehead atoms. The van der Waals surface area contributed by atoms with Gasteiger partial charge in [0, 0.05) is 11.3 Å². The molecule has 0 aliphatic rings. The first kappa shape index (κ1) is 12.6. The summed E-state index contributed by atoms with van der Waals surface area (Å²) >= 11 is 0. The van der Waals surface area contributed by atoms with Gasteiger partial charge in [0.25, 0.3) is 0 Å². The van der Waals surface area contributed by atoms with Crippen molar-refractivity contribution in [1.29, 1.82) is 0 Å². The summed E-state index contributed by atoms with van der Waals surface area (Å²) in [6, 6.07) is 8.89. The van der Waals surface area contributed by atoms with E-state index in [-0.39, 0.29) is 5.56 Å². The van der Waals surface area contributed by atoms with Gasteiger partial charge in [-0.05, 0) is 31.5 Å². The Balaban J connectivity index is 2.61. The lowest BCUT2D eigenvalue weighted by Crippen LogP contribution is -2.07. The summed E-state index contributed by atoms with van der Waals surface area (Å²) in [6.07, 6.45) is -4.36. The zero-order valence-electron chi connectivity index (χ0n) is 10.0. The molecule has 0 amide bonds. The molecule has 1 aromatic carbocycles. The van der Waals surface area contributed by atoms with Crippen LogP contribution in [-0.2, 0) is 6.18 Å². The van der Waals surface area contributed by atoms with Gasteiger partial charge in [0.05, 0.1) is 11.3 Å². The molecule has 0 unspecified atom stereocenters. The maximum absolute atomic E-state index is 12.9. The van der Waals surface area contributed by atoms with Crippen LogP contribution >= 0.6 is 0 Å². The Morgan fingerprint density at radius 2 is 1.61 bits per heavy atom. The van der Waals surface area contributed by atoms with Crippen molar-refractivity contribution < 1.29 is 13.2 Å². The molecule has 0 aliphatic heterocycles. The van der Waals surface area contributed by atoms with Gasteiger partial charge in [-0.15, -0.1) is 0 Å². The third kappa shape index (κ3) is 2.37. The first-order chi connectivity index (χ1) is 8.39. The van der Waals surface area contributed by atoms with Crippen molar-refractivity contribution in [2.24, 2.45) is 0 Å². The summed E-state index contributed by atoms with van der Waals surface area (Å²) in [6.45, 7) is 3.66. The first-order valence-electron chi connectivity index (χ1n) is 5.50. The van der Waals surface area contributed by atoms with E-state index in [0.29, 0.717) is 5.69 Å². The van der Waals surface area contributed by atoms with E-state index in [4.69, 9.17) is 0 Å². The average molecular weight is 251 g/mol. The quantitative estimate of drug-likeness (QED) is 0.732. The van der Waals surface area contributed by atoms with Crippen LogP contribution < -0.4 is 0 Å². The van der Waals surface area contributed by atoms with Crippen LogP contribution in [0.1, 0.15) is 16.8 Å². The Morgan fingerprint density at radius 1 is 0.944 bits per heavy atom. The second-order valence-corrected chi connectivity index (χ2v) is 4.14. The van der Waals surface area contributed by atoms with E-state index >= 15 is 0 Å². The van der Waals surface area contributed by atoms with Crippen molar-refractivity contribution in [1.82, 2.24) is 4.98 Å². The molecule has 0 aliphatic carbocycles. The Hall–Kier alpha value is -1.84. The SMILES string of the molecule is Cc1ccc(-c2ccccc2C(F)(F)F)nc1C. The largest absolute Gasteiger partial charge is 0.417 e. The fourth-order valence-corrected chi connectivity index (χ4v) is 1.73. The molecule has 0 saturated heterocycles. The van der Waals surface area contributed by atoms with Gasteiger partial charge < -0.3 is 0 Å². The lowest BCUT2D eigenvalue weighted by Gasteiger charge is -2.12. The van der Waals surface area contributed by atoms with Crippen LogP contribution in [0.3, 0.4) is 0 Å². The Labute approximate surface area is 103 Å². The van der Waals surface area contributed by atoms with Gasteiger partial charge in [0.15, 0.2) is 0 Å². The number of alkyl halides is 3. The van der Waals surface area contributed by atoms with Crippen molar-refractivity contribution in [2.75, 3.05) is 0 Å². The second kappa shape index (κ2) is 4.44. The predicted octanol–water partition coefficient (Wildman–Crippen LogP) is 4.38. The third-order valence-electron chi connectivity index (χ3n) is 2.86. The number of aryl methyl sites for hydroxylation is 2. The summed E-state index contributed by atoms with van der Waals surface area (Å²) in [5, 5.41) is 0. The molecule has 1 aromatic heterocycles. The Morgan fingerprint density at radius 3 is 2.22 bits per heavy atom. The Bertz CT molecular complexity index is 573. The van der Waals surface area contributed by atoms with Crippen molar-refractivity contribution in [3.8, 4) is 11.3 Å². The average Bonchev–Trinajstić information content (AvgIpc) is 2.32. The highest BCUT2D eigenvalue weighted by Crippen LogP contribution is 2.36. The molecule has 0 fully saturated rings. The summed E-state index contributed by atoms with van der Waals surface area (Å²) in [5.74, 6) is 0. The molecule has 0 radical (unpaired) electrons. The van der Waals surface area contributed by atoms with Crippen LogP contribution in [0.5, 0.6) is 0 Å². The van der Waals surface area contributed by atoms with E-state index < -0.39 is 11.7 Å². The number of hydrogen-bond acceptors (Lipinski definition) is 1. The first-order valence-corrected chi connectivity index (χ1v) is 5.50. The van der Waals surface area contributed by atoms with E-state index in [1.165, 1.54) is 12.1 Å². The molecule has 1 nitrogen and oxygen atoms in total. The highest BCUT2D eigenvalue weighted by atomic mass is 19.4. The fraction of sp³-hybridized carbons (Fsp3) is 0.214. The maximum atomic E-state index is 12.9. The number of pyridine rings is 1. The second-order valence-electron chi connectivity index (χ2n) is 4.14. The Kier molecular flexibility index (Phi) is 3.11. The van der Waals surface area contributed by atoms with Crippen molar-refractivity contribution in [3.63, 3.8) is 0 Å². The fourth-order valence-electron chi connectivity index (χ4n) is 1.73. The minimum atomic E-state index is -4.36. The highest BCUT2D eigenvalue weighted by Gasteiger charge is 2.33. The molecule has 4 heteroatoms. The van der Waals surface area contributed by atoms with E-state index in [9.17, 15) is 13.2 Å². The minimum Gasteiger partial charge on any atom is -0.253 e. The molecule has 1 heterocycles. The minimum absolute atomic E-state index is 0.119. The molecule has 2 rings (SSSR count). The molecule has 94 valence electrons. The highest BCUT2D eigenvalue weighted by molar-refractivity contribution is 5.64. The molecular formula is C14H12F3N. The monoisotopic (exact) mass is 251 g/mol. The van der Waals surface area contributed by atoms with Crippen LogP contribution in [0, 0.1) is 13.8 Å². The molecule has 0 saturated carbocycles. The van der Waals surface area contributed by atoms with Crippen LogP contribution in [-0.4, -0.2) is 4.98 Å². The summed E-state index contributed by atoms with van der Waals surface area (Å²) < 4.78 is 38.7. The molecule has 0 atom stereocenters. The predicted molar refractivity (Wildman–Crippen MR) is 64.1 cm³/mol. The van der Waals surface area contributed by atoms with E-state index in [0.717, 1.165) is 17.3 Å². The number of benzene rings is 1. The van der Waals surface area contributed by atoms with Crippen molar-refractivity contribution >= 4 is 0 Å². The lowest BCUT2D eigenvalue weighted by molar-refractivity contribution is -0.137. The van der Waals surface area contributed by atoms with E-state index in [1.807, 2.05) is 6.92 Å². The number of aromatic nitrogens is 1. The van der Waals surface area contributed by atoms with E-state index in [1.54, 1.807) is 25.1 Å². The van der Waals surface area contributed by atoms with Gasteiger partial charge in [0.1, 0.15) is 0 Å². The number of hydrogen-bond donors (Lipinski definition) is 0. The van der Waals surface area contributed by atoms with Crippen LogP contribution in [0.4, 0.5) is 13.2 Å². The number of rotatable bonds is 1. The van der Waals surface area contributed by atoms with Crippen LogP contribution in [0.2, 0.25) is 0 Å². The number of nitrogens with zero attached hydrogens (tertiary/aromatic N) is 1. The molecule has 0 spiro atoms. The zero-order valence-corrected chi connectivity index (χ0v) is 10.0. The summed E-state index contributed by atoms with van der Waals surface area (Å²) in [4.78, 5) is 4.22. The van der Waals surface area contributed by atoms with Gasteiger partial charge >= 0.3 is 6.18 Å². The van der Waals surface area contributed by atoms with Gasteiger partial charge in [-0.3, -0.25) is 4.98 Å². The topological polar surface area (TPSA) is 12.9 Å². The normalized spacial score (nSPS) is 11.6. The maximum Gasteiger partial charge on any atom is 0.417 e. The lowest BCUT2D eigenvalue weighted by atomic mass is 10.0. The van der Waals surface area contributed by atoms with Gasteiger partial charge in [-0.2, -0.15) is 13.2 Å². The molecule has 18 heavy (non-hydrogen) atoms. The third-order valence-corrected chi connectivity index (χ3v) is 2.86. The van der Waals surface area contributed by atoms with Crippen LogP contribution in [0.25, 0.3) is 11.3 Å². The van der Waals surface area contributed by atoms with Gasteiger partial charge in [-0.1, -0.05) is 24.3 Å². The summed E-state index contributed by atoms with van der Waals surface area (Å²) in [7, 11) is 0. The van der Waals surface area contributed by atoms with Crippen molar-refractivity contribution in [2.45, 2.75) is 20.0 Å². The van der Waals surface area contributed by atoms with Crippen LogP contribution in [0.15, 0.2) is 36.4 Å². The standard InChI is InChI=1S/C14H12F3N/c1-9-7-8-13(18-10(9)2)11-5-3-4-6-12(11)14(15,16)17/h3-8H,1-2H3. The molecule has 0 N–H and O–H groups in total. The molecular weight excluding hydrogens is 239 g/mol.